The summed E-state index contributed by atoms with van der Waals surface area (Å²) in [6.45, 7) is 1.97. The molecule has 3 nitrogen and oxygen atoms in total. The Morgan fingerprint density at radius 1 is 1.82 bits per heavy atom. The van der Waals surface area contributed by atoms with Gasteiger partial charge in [0, 0.05) is 5.38 Å². The van der Waals surface area contributed by atoms with E-state index in [0.717, 1.165) is 10.7 Å². The van der Waals surface area contributed by atoms with Gasteiger partial charge >= 0.3 is 0 Å². The Morgan fingerprint density at radius 2 is 2.55 bits per heavy atom. The average Bonchev–Trinajstić information content (AvgIpc) is 2.29. The summed E-state index contributed by atoms with van der Waals surface area (Å²) in [5.41, 5.74) is 1.01. The van der Waals surface area contributed by atoms with E-state index >= 15 is 0 Å². The predicted octanol–water partition coefficient (Wildman–Crippen LogP) is 1.01. The van der Waals surface area contributed by atoms with Crippen molar-refractivity contribution in [2.24, 2.45) is 0 Å². The lowest BCUT2D eigenvalue weighted by molar-refractivity contribution is -0.128. The van der Waals surface area contributed by atoms with Crippen molar-refractivity contribution in [2.75, 3.05) is 0 Å². The molecule has 2 heterocycles. The lowest BCUT2D eigenvalue weighted by Gasteiger charge is -2.24. The van der Waals surface area contributed by atoms with Crippen molar-refractivity contribution in [3.63, 3.8) is 0 Å². The summed E-state index contributed by atoms with van der Waals surface area (Å²) < 4.78 is 0. The van der Waals surface area contributed by atoms with Gasteiger partial charge in [0.2, 0.25) is 5.91 Å². The number of amides is 1. The molecule has 0 aliphatic carbocycles. The van der Waals surface area contributed by atoms with E-state index in [-0.39, 0.29) is 11.9 Å². The second kappa shape index (κ2) is 2.30. The van der Waals surface area contributed by atoms with Crippen LogP contribution in [0.1, 0.15) is 23.2 Å². The highest BCUT2D eigenvalue weighted by Gasteiger charge is 2.28. The topological polar surface area (TPSA) is 42.0 Å². The van der Waals surface area contributed by atoms with Crippen molar-refractivity contribution in [3.05, 3.63) is 16.1 Å². The molecule has 11 heavy (non-hydrogen) atoms. The standard InChI is InChI=1S/C7H8N2OS/c1-4-8-6(3-11-4)5-2-7(10)9-5/h3,5H,2H2,1H3,(H,9,10). The maximum absolute atomic E-state index is 10.6. The maximum Gasteiger partial charge on any atom is 0.223 e. The molecule has 1 aliphatic rings. The first kappa shape index (κ1) is 6.79. The van der Waals surface area contributed by atoms with E-state index < -0.39 is 0 Å². The van der Waals surface area contributed by atoms with E-state index in [1.54, 1.807) is 11.3 Å². The first-order valence-corrected chi connectivity index (χ1v) is 4.35. The second-order valence-corrected chi connectivity index (χ2v) is 3.68. The van der Waals surface area contributed by atoms with Crippen LogP contribution in [0.25, 0.3) is 0 Å². The zero-order valence-corrected chi connectivity index (χ0v) is 6.94. The van der Waals surface area contributed by atoms with Crippen LogP contribution in [0.15, 0.2) is 5.38 Å². The highest BCUT2D eigenvalue weighted by molar-refractivity contribution is 7.09. The Hall–Kier alpha value is -0.900. The van der Waals surface area contributed by atoms with Crippen molar-refractivity contribution in [3.8, 4) is 0 Å². The molecular formula is C7H8N2OS. The quantitative estimate of drug-likeness (QED) is 0.636. The molecule has 1 unspecified atom stereocenters. The van der Waals surface area contributed by atoms with Gasteiger partial charge < -0.3 is 5.32 Å². The van der Waals surface area contributed by atoms with E-state index in [1.165, 1.54) is 0 Å². The zero-order valence-electron chi connectivity index (χ0n) is 6.13. The number of aryl methyl sites for hydroxylation is 1. The van der Waals surface area contributed by atoms with Crippen LogP contribution in [0.2, 0.25) is 0 Å². The molecule has 1 atom stereocenters. The molecule has 1 N–H and O–H groups in total. The van der Waals surface area contributed by atoms with Crippen molar-refractivity contribution in [1.82, 2.24) is 10.3 Å². The summed E-state index contributed by atoms with van der Waals surface area (Å²) in [6, 6.07) is 0.187. The van der Waals surface area contributed by atoms with Crippen LogP contribution in [0.5, 0.6) is 0 Å². The minimum absolute atomic E-state index is 0.126. The molecule has 1 aromatic rings. The number of nitrogens with one attached hydrogen (secondary N) is 1. The van der Waals surface area contributed by atoms with Gasteiger partial charge in [-0.2, -0.15) is 0 Å². The molecule has 2 rings (SSSR count). The third-order valence-corrected chi connectivity index (χ3v) is 2.51. The SMILES string of the molecule is Cc1nc(C2CC(=O)N2)cs1. The molecule has 1 aromatic heterocycles. The van der Waals surface area contributed by atoms with E-state index in [0.29, 0.717) is 6.42 Å². The Labute approximate surface area is 68.5 Å². The van der Waals surface area contributed by atoms with Crippen LogP contribution in [0.4, 0.5) is 0 Å². The molecule has 0 aromatic carbocycles. The normalized spacial score (nSPS) is 22.6. The number of rotatable bonds is 1. The number of thiazole rings is 1. The molecule has 1 aliphatic heterocycles. The Kier molecular flexibility index (Phi) is 1.42. The third kappa shape index (κ3) is 1.14. The second-order valence-electron chi connectivity index (χ2n) is 2.62. The minimum Gasteiger partial charge on any atom is -0.347 e. The summed E-state index contributed by atoms with van der Waals surface area (Å²) in [4.78, 5) is 14.8. The number of hydrogen-bond donors (Lipinski definition) is 1. The first-order chi connectivity index (χ1) is 5.25. The number of β-lactam (4-membered cyclic amide) rings is 1. The first-order valence-electron chi connectivity index (χ1n) is 3.47. The molecule has 0 saturated carbocycles. The molecule has 0 spiro atoms. The fourth-order valence-corrected chi connectivity index (χ4v) is 1.74. The van der Waals surface area contributed by atoms with Gasteiger partial charge in [0.1, 0.15) is 0 Å². The molecular weight excluding hydrogens is 160 g/mol. The average molecular weight is 168 g/mol. The summed E-state index contributed by atoms with van der Waals surface area (Å²) in [7, 11) is 0. The van der Waals surface area contributed by atoms with Crippen LogP contribution in [0.3, 0.4) is 0 Å². The van der Waals surface area contributed by atoms with Crippen molar-refractivity contribution < 1.29 is 4.79 Å². The molecule has 1 amide bonds. The van der Waals surface area contributed by atoms with Crippen LogP contribution >= 0.6 is 11.3 Å². The van der Waals surface area contributed by atoms with Gasteiger partial charge in [-0.25, -0.2) is 4.98 Å². The molecule has 4 heteroatoms. The summed E-state index contributed by atoms with van der Waals surface area (Å²) in [5.74, 6) is 0.126. The van der Waals surface area contributed by atoms with Gasteiger partial charge in [0.05, 0.1) is 23.2 Å². The van der Waals surface area contributed by atoms with Gasteiger partial charge in [-0.15, -0.1) is 11.3 Å². The lowest BCUT2D eigenvalue weighted by atomic mass is 10.0. The molecule has 58 valence electrons. The highest BCUT2D eigenvalue weighted by atomic mass is 32.1. The van der Waals surface area contributed by atoms with E-state index in [1.807, 2.05) is 12.3 Å². The number of hydrogen-bond acceptors (Lipinski definition) is 3. The smallest absolute Gasteiger partial charge is 0.223 e. The van der Waals surface area contributed by atoms with Crippen molar-refractivity contribution >= 4 is 17.2 Å². The van der Waals surface area contributed by atoms with Crippen LogP contribution in [0, 0.1) is 6.92 Å². The fraction of sp³-hybridized carbons (Fsp3) is 0.429. The predicted molar refractivity (Wildman–Crippen MR) is 42.4 cm³/mol. The maximum atomic E-state index is 10.6. The number of aromatic nitrogens is 1. The van der Waals surface area contributed by atoms with Crippen LogP contribution < -0.4 is 5.32 Å². The van der Waals surface area contributed by atoms with E-state index in [4.69, 9.17) is 0 Å². The van der Waals surface area contributed by atoms with Crippen LogP contribution in [-0.4, -0.2) is 10.9 Å². The largest absolute Gasteiger partial charge is 0.347 e. The Balaban J connectivity index is 2.12. The number of carbonyl (C=O) groups is 1. The third-order valence-electron chi connectivity index (χ3n) is 1.72. The van der Waals surface area contributed by atoms with E-state index in [9.17, 15) is 4.79 Å². The minimum atomic E-state index is 0.126. The van der Waals surface area contributed by atoms with Gasteiger partial charge in [0.15, 0.2) is 0 Å². The highest BCUT2D eigenvalue weighted by Crippen LogP contribution is 2.24. The van der Waals surface area contributed by atoms with Crippen molar-refractivity contribution in [2.45, 2.75) is 19.4 Å². The van der Waals surface area contributed by atoms with Crippen molar-refractivity contribution in [1.29, 1.82) is 0 Å². The van der Waals surface area contributed by atoms with Gasteiger partial charge in [0.25, 0.3) is 0 Å². The van der Waals surface area contributed by atoms with Crippen LogP contribution in [-0.2, 0) is 4.79 Å². The van der Waals surface area contributed by atoms with E-state index in [2.05, 4.69) is 10.3 Å². The summed E-state index contributed by atoms with van der Waals surface area (Å²) in [6.07, 6.45) is 0.600. The number of carbonyl (C=O) groups excluding carboxylic acids is 1. The summed E-state index contributed by atoms with van der Waals surface area (Å²) in [5, 5.41) is 5.83. The lowest BCUT2D eigenvalue weighted by Crippen LogP contribution is -2.41. The molecule has 1 fully saturated rings. The fourth-order valence-electron chi connectivity index (χ4n) is 1.08. The Bertz CT molecular complexity index is 286. The zero-order chi connectivity index (χ0) is 7.84. The van der Waals surface area contributed by atoms with Gasteiger partial charge in [-0.05, 0) is 6.92 Å². The molecule has 0 bridgehead atoms. The van der Waals surface area contributed by atoms with Gasteiger partial charge in [-0.3, -0.25) is 4.79 Å². The monoisotopic (exact) mass is 168 g/mol. The molecule has 1 saturated heterocycles. The number of nitrogens with zero attached hydrogens (tertiary/aromatic N) is 1. The van der Waals surface area contributed by atoms with Gasteiger partial charge in [-0.1, -0.05) is 0 Å². The molecule has 0 radical (unpaired) electrons. The Morgan fingerprint density at radius 3 is 3.00 bits per heavy atom. The summed E-state index contributed by atoms with van der Waals surface area (Å²) >= 11 is 1.62.